The average molecular weight is 194 g/mol. The SMILES string of the molecule is CCCC(CC)Nc1ncc(N)cn1. The molecule has 0 fully saturated rings. The van der Waals surface area contributed by atoms with Crippen LogP contribution >= 0.6 is 0 Å². The largest absolute Gasteiger partial charge is 0.396 e. The van der Waals surface area contributed by atoms with Gasteiger partial charge in [-0.25, -0.2) is 9.97 Å². The van der Waals surface area contributed by atoms with Crippen molar-refractivity contribution in [3.63, 3.8) is 0 Å². The highest BCUT2D eigenvalue weighted by Crippen LogP contribution is 2.08. The summed E-state index contributed by atoms with van der Waals surface area (Å²) in [6.07, 6.45) is 6.63. The van der Waals surface area contributed by atoms with E-state index in [1.807, 2.05) is 0 Å². The molecule has 4 nitrogen and oxygen atoms in total. The van der Waals surface area contributed by atoms with Gasteiger partial charge >= 0.3 is 0 Å². The van der Waals surface area contributed by atoms with Crippen LogP contribution in [0.2, 0.25) is 0 Å². The van der Waals surface area contributed by atoms with Crippen LogP contribution < -0.4 is 11.1 Å². The van der Waals surface area contributed by atoms with Crippen molar-refractivity contribution >= 4 is 11.6 Å². The highest BCUT2D eigenvalue weighted by molar-refractivity contribution is 5.36. The van der Waals surface area contributed by atoms with Crippen molar-refractivity contribution in [1.82, 2.24) is 9.97 Å². The molecule has 0 bridgehead atoms. The topological polar surface area (TPSA) is 63.8 Å². The van der Waals surface area contributed by atoms with E-state index in [1.165, 1.54) is 6.42 Å². The van der Waals surface area contributed by atoms with Crippen LogP contribution in [0.1, 0.15) is 33.1 Å². The molecule has 0 aliphatic heterocycles. The fraction of sp³-hybridized carbons (Fsp3) is 0.600. The normalized spacial score (nSPS) is 12.4. The van der Waals surface area contributed by atoms with E-state index in [0.717, 1.165) is 12.8 Å². The smallest absolute Gasteiger partial charge is 0.222 e. The lowest BCUT2D eigenvalue weighted by atomic mass is 10.1. The van der Waals surface area contributed by atoms with E-state index in [2.05, 4.69) is 29.1 Å². The number of rotatable bonds is 5. The molecule has 1 heterocycles. The predicted molar refractivity (Wildman–Crippen MR) is 59.1 cm³/mol. The number of anilines is 2. The monoisotopic (exact) mass is 194 g/mol. The Balaban J connectivity index is 2.53. The molecule has 3 N–H and O–H groups in total. The zero-order valence-corrected chi connectivity index (χ0v) is 8.83. The zero-order chi connectivity index (χ0) is 10.4. The van der Waals surface area contributed by atoms with Crippen LogP contribution in [-0.2, 0) is 0 Å². The van der Waals surface area contributed by atoms with Gasteiger partial charge in [-0.3, -0.25) is 0 Å². The lowest BCUT2D eigenvalue weighted by Gasteiger charge is -2.15. The molecule has 0 aliphatic carbocycles. The van der Waals surface area contributed by atoms with E-state index >= 15 is 0 Å². The van der Waals surface area contributed by atoms with E-state index in [1.54, 1.807) is 12.4 Å². The lowest BCUT2D eigenvalue weighted by Crippen LogP contribution is -2.19. The zero-order valence-electron chi connectivity index (χ0n) is 8.83. The second kappa shape index (κ2) is 5.42. The molecule has 1 rings (SSSR count). The number of nitrogen functional groups attached to an aromatic ring is 1. The van der Waals surface area contributed by atoms with E-state index in [9.17, 15) is 0 Å². The molecule has 0 saturated heterocycles. The quantitative estimate of drug-likeness (QED) is 0.753. The average Bonchev–Trinajstić information content (AvgIpc) is 2.20. The summed E-state index contributed by atoms with van der Waals surface area (Å²) in [5, 5.41) is 3.28. The third-order valence-corrected chi connectivity index (χ3v) is 2.13. The standard InChI is InChI=1S/C10H18N4/c1-3-5-9(4-2)14-10-12-6-8(11)7-13-10/h6-7,9H,3-5,11H2,1-2H3,(H,12,13,14). The van der Waals surface area contributed by atoms with E-state index < -0.39 is 0 Å². The third-order valence-electron chi connectivity index (χ3n) is 2.13. The molecule has 0 aliphatic rings. The highest BCUT2D eigenvalue weighted by atomic mass is 15.1. The van der Waals surface area contributed by atoms with Gasteiger partial charge in [0.2, 0.25) is 5.95 Å². The molecule has 0 aromatic carbocycles. The van der Waals surface area contributed by atoms with Gasteiger partial charge in [-0.15, -0.1) is 0 Å². The summed E-state index contributed by atoms with van der Waals surface area (Å²) in [7, 11) is 0. The Bertz CT molecular complexity index is 257. The molecule has 4 heteroatoms. The van der Waals surface area contributed by atoms with Crippen LogP contribution in [0.4, 0.5) is 11.6 Å². The van der Waals surface area contributed by atoms with Crippen LogP contribution in [0.25, 0.3) is 0 Å². The van der Waals surface area contributed by atoms with Crippen LogP contribution in [0.3, 0.4) is 0 Å². The van der Waals surface area contributed by atoms with Crippen molar-refractivity contribution < 1.29 is 0 Å². The van der Waals surface area contributed by atoms with Gasteiger partial charge in [0.05, 0.1) is 18.1 Å². The van der Waals surface area contributed by atoms with Crippen LogP contribution in [-0.4, -0.2) is 16.0 Å². The molecule has 0 spiro atoms. The number of nitrogens with zero attached hydrogens (tertiary/aromatic N) is 2. The van der Waals surface area contributed by atoms with Crippen molar-refractivity contribution in [3.8, 4) is 0 Å². The molecular formula is C10H18N4. The first-order valence-corrected chi connectivity index (χ1v) is 5.10. The minimum Gasteiger partial charge on any atom is -0.396 e. The molecule has 0 saturated carbocycles. The number of nitrogens with two attached hydrogens (primary N) is 1. The third kappa shape index (κ3) is 3.20. The van der Waals surface area contributed by atoms with Gasteiger partial charge in [-0.05, 0) is 12.8 Å². The molecule has 0 radical (unpaired) electrons. The Morgan fingerprint density at radius 2 is 2.00 bits per heavy atom. The molecule has 1 unspecified atom stereocenters. The summed E-state index contributed by atoms with van der Waals surface area (Å²) in [4.78, 5) is 8.20. The van der Waals surface area contributed by atoms with Crippen molar-refractivity contribution in [3.05, 3.63) is 12.4 Å². The summed E-state index contributed by atoms with van der Waals surface area (Å²) in [5.41, 5.74) is 6.09. The molecule has 14 heavy (non-hydrogen) atoms. The predicted octanol–water partition coefficient (Wildman–Crippen LogP) is 2.05. The maximum atomic E-state index is 5.50. The fourth-order valence-electron chi connectivity index (χ4n) is 1.32. The number of nitrogens with one attached hydrogen (secondary N) is 1. The minimum atomic E-state index is 0.462. The first-order chi connectivity index (χ1) is 6.76. The van der Waals surface area contributed by atoms with Gasteiger partial charge in [0.25, 0.3) is 0 Å². The van der Waals surface area contributed by atoms with Crippen LogP contribution in [0, 0.1) is 0 Å². The van der Waals surface area contributed by atoms with E-state index in [4.69, 9.17) is 5.73 Å². The number of aromatic nitrogens is 2. The van der Waals surface area contributed by atoms with Gasteiger partial charge < -0.3 is 11.1 Å². The summed E-state index contributed by atoms with van der Waals surface area (Å²) >= 11 is 0. The van der Waals surface area contributed by atoms with Crippen molar-refractivity contribution in [2.24, 2.45) is 0 Å². The Morgan fingerprint density at radius 3 is 2.50 bits per heavy atom. The first kappa shape index (κ1) is 10.8. The van der Waals surface area contributed by atoms with Gasteiger partial charge in [0.15, 0.2) is 0 Å². The number of hydrogen-bond acceptors (Lipinski definition) is 4. The van der Waals surface area contributed by atoms with E-state index in [0.29, 0.717) is 17.7 Å². The lowest BCUT2D eigenvalue weighted by molar-refractivity contribution is 0.617. The molecular weight excluding hydrogens is 176 g/mol. The van der Waals surface area contributed by atoms with Gasteiger partial charge in [-0.1, -0.05) is 20.3 Å². The summed E-state index contributed by atoms with van der Waals surface area (Å²) < 4.78 is 0. The highest BCUT2D eigenvalue weighted by Gasteiger charge is 2.05. The fourth-order valence-corrected chi connectivity index (χ4v) is 1.32. The second-order valence-corrected chi connectivity index (χ2v) is 3.38. The molecule has 1 aromatic rings. The van der Waals surface area contributed by atoms with Gasteiger partial charge in [0.1, 0.15) is 0 Å². The Labute approximate surface area is 85.0 Å². The summed E-state index contributed by atoms with van der Waals surface area (Å²) in [5.74, 6) is 0.666. The Kier molecular flexibility index (Phi) is 4.16. The van der Waals surface area contributed by atoms with Crippen molar-refractivity contribution in [2.45, 2.75) is 39.2 Å². The minimum absolute atomic E-state index is 0.462. The maximum Gasteiger partial charge on any atom is 0.222 e. The maximum absolute atomic E-state index is 5.50. The molecule has 0 amide bonds. The van der Waals surface area contributed by atoms with Crippen LogP contribution in [0.15, 0.2) is 12.4 Å². The second-order valence-electron chi connectivity index (χ2n) is 3.38. The number of hydrogen-bond donors (Lipinski definition) is 2. The first-order valence-electron chi connectivity index (χ1n) is 5.10. The van der Waals surface area contributed by atoms with Gasteiger partial charge in [-0.2, -0.15) is 0 Å². The molecule has 1 atom stereocenters. The summed E-state index contributed by atoms with van der Waals surface area (Å²) in [6, 6.07) is 0.462. The Morgan fingerprint density at radius 1 is 1.36 bits per heavy atom. The van der Waals surface area contributed by atoms with Crippen molar-refractivity contribution in [1.29, 1.82) is 0 Å². The molecule has 78 valence electrons. The Hall–Kier alpha value is -1.32. The van der Waals surface area contributed by atoms with Gasteiger partial charge in [0, 0.05) is 6.04 Å². The molecule has 1 aromatic heterocycles. The van der Waals surface area contributed by atoms with Crippen molar-refractivity contribution in [2.75, 3.05) is 11.1 Å². The van der Waals surface area contributed by atoms with E-state index in [-0.39, 0.29) is 0 Å². The summed E-state index contributed by atoms with van der Waals surface area (Å²) in [6.45, 7) is 4.33. The van der Waals surface area contributed by atoms with Crippen LogP contribution in [0.5, 0.6) is 0 Å².